The molecule has 0 radical (unpaired) electrons. The van der Waals surface area contributed by atoms with Crippen LogP contribution in [0.15, 0.2) is 48.5 Å². The van der Waals surface area contributed by atoms with Gasteiger partial charge >= 0.3 is 12.1 Å². The molecule has 1 fully saturated rings. The van der Waals surface area contributed by atoms with Gasteiger partial charge in [0, 0.05) is 6.54 Å². The van der Waals surface area contributed by atoms with Crippen LogP contribution in [0.2, 0.25) is 0 Å². The number of benzene rings is 2. The zero-order chi connectivity index (χ0) is 23.0. The first-order valence-electron chi connectivity index (χ1n) is 10.4. The summed E-state index contributed by atoms with van der Waals surface area (Å²) in [4.78, 5) is 54.1. The Labute approximate surface area is 185 Å². The van der Waals surface area contributed by atoms with Crippen molar-refractivity contribution in [2.75, 3.05) is 0 Å². The summed E-state index contributed by atoms with van der Waals surface area (Å²) >= 11 is 0. The maximum Gasteiger partial charge on any atom is 0.407 e. The van der Waals surface area contributed by atoms with E-state index in [1.165, 1.54) is 12.1 Å². The molecule has 2 aromatic rings. The lowest BCUT2D eigenvalue weighted by molar-refractivity contribution is -0.170. The number of alkyl carbamates (subject to hydrolysis) is 1. The van der Waals surface area contributed by atoms with E-state index in [4.69, 9.17) is 9.57 Å². The van der Waals surface area contributed by atoms with Crippen molar-refractivity contribution in [2.45, 2.75) is 45.3 Å². The maximum absolute atomic E-state index is 12.5. The molecule has 1 aliphatic carbocycles. The van der Waals surface area contributed by atoms with Gasteiger partial charge < -0.3 is 14.9 Å². The van der Waals surface area contributed by atoms with Crippen LogP contribution >= 0.6 is 0 Å². The fourth-order valence-electron chi connectivity index (χ4n) is 3.60. The fraction of sp³-hybridized carbons (Fsp3) is 0.333. The SMILES string of the molecule is CC(C)(C)OC(=O)NCc1ccc([C@@H]2C[C@H]2C(=O)ON2C(=O)c3ccccc3C2=O)cc1. The summed E-state index contributed by atoms with van der Waals surface area (Å²) in [7, 11) is 0. The number of carbonyl (C=O) groups excluding carboxylic acids is 4. The predicted octanol–water partition coefficient (Wildman–Crippen LogP) is 3.57. The van der Waals surface area contributed by atoms with Gasteiger partial charge in [-0.05, 0) is 56.4 Å². The van der Waals surface area contributed by atoms with Crippen LogP contribution in [0.5, 0.6) is 0 Å². The highest BCUT2D eigenvalue weighted by Gasteiger charge is 2.48. The van der Waals surface area contributed by atoms with Gasteiger partial charge in [-0.25, -0.2) is 9.59 Å². The first-order valence-corrected chi connectivity index (χ1v) is 10.4. The number of nitrogens with one attached hydrogen (secondary N) is 1. The smallest absolute Gasteiger partial charge is 0.407 e. The van der Waals surface area contributed by atoms with Gasteiger partial charge in [0.25, 0.3) is 11.8 Å². The molecule has 1 N–H and O–H groups in total. The number of fused-ring (bicyclic) bond motifs is 1. The number of rotatable bonds is 5. The average molecular weight is 436 g/mol. The van der Waals surface area contributed by atoms with Crippen molar-refractivity contribution in [2.24, 2.45) is 5.92 Å². The second-order valence-corrected chi connectivity index (χ2v) is 8.91. The number of ether oxygens (including phenoxy) is 1. The molecule has 3 amide bonds. The molecule has 0 saturated heterocycles. The Hall–Kier alpha value is -3.68. The van der Waals surface area contributed by atoms with Crippen molar-refractivity contribution >= 4 is 23.9 Å². The van der Waals surface area contributed by atoms with Gasteiger partial charge in [-0.15, -0.1) is 0 Å². The van der Waals surface area contributed by atoms with E-state index >= 15 is 0 Å². The molecule has 2 atom stereocenters. The molecule has 166 valence electrons. The number of amides is 3. The van der Waals surface area contributed by atoms with Gasteiger partial charge in [-0.3, -0.25) is 9.59 Å². The molecule has 32 heavy (non-hydrogen) atoms. The van der Waals surface area contributed by atoms with E-state index in [1.54, 1.807) is 32.9 Å². The molecule has 8 heteroatoms. The molecule has 0 spiro atoms. The highest BCUT2D eigenvalue weighted by Crippen LogP contribution is 2.48. The second-order valence-electron chi connectivity index (χ2n) is 8.91. The lowest BCUT2D eigenvalue weighted by atomic mass is 10.1. The first-order chi connectivity index (χ1) is 15.1. The minimum Gasteiger partial charge on any atom is -0.444 e. The third-order valence-corrected chi connectivity index (χ3v) is 5.27. The third kappa shape index (κ3) is 4.49. The van der Waals surface area contributed by atoms with Crippen LogP contribution in [-0.2, 0) is 20.9 Å². The summed E-state index contributed by atoms with van der Waals surface area (Å²) in [5.74, 6) is -2.30. The van der Waals surface area contributed by atoms with Crippen molar-refractivity contribution in [3.63, 3.8) is 0 Å². The molecule has 1 saturated carbocycles. The average Bonchev–Trinajstić information content (AvgIpc) is 3.51. The van der Waals surface area contributed by atoms with E-state index in [0.29, 0.717) is 18.0 Å². The van der Waals surface area contributed by atoms with E-state index in [2.05, 4.69) is 5.32 Å². The molecule has 1 aliphatic heterocycles. The number of nitrogens with zero attached hydrogens (tertiary/aromatic N) is 1. The number of hydrogen-bond acceptors (Lipinski definition) is 6. The van der Waals surface area contributed by atoms with Crippen LogP contribution in [0.25, 0.3) is 0 Å². The van der Waals surface area contributed by atoms with E-state index in [9.17, 15) is 19.2 Å². The van der Waals surface area contributed by atoms with Crippen molar-refractivity contribution in [3.8, 4) is 0 Å². The Bertz CT molecular complexity index is 1050. The largest absolute Gasteiger partial charge is 0.444 e. The molecule has 2 aliphatic rings. The Morgan fingerprint density at radius 3 is 2.16 bits per heavy atom. The molecule has 4 rings (SSSR count). The molecular weight excluding hydrogens is 412 g/mol. The predicted molar refractivity (Wildman–Crippen MR) is 113 cm³/mol. The normalized spacial score (nSPS) is 19.4. The Morgan fingerprint density at radius 1 is 1.00 bits per heavy atom. The summed E-state index contributed by atoms with van der Waals surface area (Å²) in [5.41, 5.74) is 1.75. The second kappa shape index (κ2) is 8.11. The number of hydroxylamine groups is 2. The molecule has 0 unspecified atom stereocenters. The summed E-state index contributed by atoms with van der Waals surface area (Å²) in [5, 5.41) is 3.25. The van der Waals surface area contributed by atoms with Gasteiger partial charge in [-0.1, -0.05) is 41.5 Å². The third-order valence-electron chi connectivity index (χ3n) is 5.27. The lowest BCUT2D eigenvalue weighted by Gasteiger charge is -2.19. The summed E-state index contributed by atoms with van der Waals surface area (Å²) in [6, 6.07) is 13.9. The zero-order valence-corrected chi connectivity index (χ0v) is 18.1. The maximum atomic E-state index is 12.5. The Kier molecular flexibility index (Phi) is 5.46. The van der Waals surface area contributed by atoms with Gasteiger partial charge in [-0.2, -0.15) is 0 Å². The van der Waals surface area contributed by atoms with Crippen LogP contribution < -0.4 is 5.32 Å². The first kappa shape index (κ1) is 21.5. The summed E-state index contributed by atoms with van der Waals surface area (Å²) in [6.45, 7) is 5.72. The van der Waals surface area contributed by atoms with Gasteiger partial charge in [0.15, 0.2) is 0 Å². The summed E-state index contributed by atoms with van der Waals surface area (Å²) < 4.78 is 5.21. The highest BCUT2D eigenvalue weighted by molar-refractivity contribution is 6.20. The number of hydrogen-bond donors (Lipinski definition) is 1. The number of carbonyl (C=O) groups is 4. The van der Waals surface area contributed by atoms with Crippen molar-refractivity contribution in [3.05, 3.63) is 70.8 Å². The Morgan fingerprint density at radius 2 is 1.59 bits per heavy atom. The van der Waals surface area contributed by atoms with E-state index in [1.807, 2.05) is 24.3 Å². The molecule has 8 nitrogen and oxygen atoms in total. The van der Waals surface area contributed by atoms with Crippen LogP contribution in [0, 0.1) is 5.92 Å². The number of imide groups is 1. The van der Waals surface area contributed by atoms with E-state index < -0.39 is 35.4 Å². The van der Waals surface area contributed by atoms with Crippen LogP contribution in [-0.4, -0.2) is 34.5 Å². The van der Waals surface area contributed by atoms with Crippen molar-refractivity contribution in [1.29, 1.82) is 0 Å². The van der Waals surface area contributed by atoms with Crippen LogP contribution in [0.3, 0.4) is 0 Å². The van der Waals surface area contributed by atoms with Gasteiger partial charge in [0.05, 0.1) is 17.0 Å². The standard InChI is InChI=1S/C24H24N2O6/c1-24(2,3)31-23(30)25-13-14-8-10-15(11-9-14)18-12-19(18)22(29)32-26-20(27)16-6-4-5-7-17(16)21(26)28/h4-11,18-19H,12-13H2,1-3H3,(H,25,30)/t18-,19+/m0/s1. The topological polar surface area (TPSA) is 102 Å². The highest BCUT2D eigenvalue weighted by atomic mass is 16.7. The van der Waals surface area contributed by atoms with Crippen molar-refractivity contribution in [1.82, 2.24) is 10.4 Å². The minimum absolute atomic E-state index is 0.0365. The molecule has 1 heterocycles. The summed E-state index contributed by atoms with van der Waals surface area (Å²) in [6.07, 6.45) is 0.0945. The van der Waals surface area contributed by atoms with Gasteiger partial charge in [0.1, 0.15) is 5.60 Å². The fourth-order valence-corrected chi connectivity index (χ4v) is 3.60. The zero-order valence-electron chi connectivity index (χ0n) is 18.1. The minimum atomic E-state index is -0.627. The van der Waals surface area contributed by atoms with E-state index in [-0.39, 0.29) is 17.0 Å². The quantitative estimate of drug-likeness (QED) is 0.719. The molecule has 0 aromatic heterocycles. The van der Waals surface area contributed by atoms with Crippen LogP contribution in [0.1, 0.15) is 65.0 Å². The van der Waals surface area contributed by atoms with Crippen LogP contribution in [0.4, 0.5) is 4.79 Å². The Balaban J connectivity index is 1.30. The molecule has 0 bridgehead atoms. The molecule has 2 aromatic carbocycles. The van der Waals surface area contributed by atoms with Gasteiger partial charge in [0.2, 0.25) is 0 Å². The molecular formula is C24H24N2O6. The van der Waals surface area contributed by atoms with Crippen molar-refractivity contribution < 1.29 is 28.8 Å². The van der Waals surface area contributed by atoms with E-state index in [0.717, 1.165) is 11.1 Å². The monoisotopic (exact) mass is 436 g/mol. The lowest BCUT2D eigenvalue weighted by Crippen LogP contribution is -2.33.